The first kappa shape index (κ1) is 10.1. The molecule has 0 aromatic heterocycles. The number of rotatable bonds is 2. The van der Waals surface area contributed by atoms with Gasteiger partial charge in [0.2, 0.25) is 5.91 Å². The van der Waals surface area contributed by atoms with Crippen LogP contribution in [-0.2, 0) is 4.79 Å². The molecule has 2 atom stereocenters. The van der Waals surface area contributed by atoms with Crippen molar-refractivity contribution in [1.82, 2.24) is 10.6 Å². The Kier molecular flexibility index (Phi) is 3.78. The number of terminal acetylenes is 1. The molecule has 3 nitrogen and oxygen atoms in total. The third-order valence-corrected chi connectivity index (χ3v) is 2.28. The Bertz CT molecular complexity index is 213. The van der Waals surface area contributed by atoms with Crippen molar-refractivity contribution in [1.29, 1.82) is 0 Å². The van der Waals surface area contributed by atoms with Gasteiger partial charge in [-0.15, -0.1) is 6.42 Å². The van der Waals surface area contributed by atoms with Crippen LogP contribution in [0.4, 0.5) is 0 Å². The minimum Gasteiger partial charge on any atom is -0.342 e. The van der Waals surface area contributed by atoms with Crippen LogP contribution < -0.4 is 10.6 Å². The Morgan fingerprint density at radius 2 is 2.54 bits per heavy atom. The summed E-state index contributed by atoms with van der Waals surface area (Å²) < 4.78 is 0. The van der Waals surface area contributed by atoms with Crippen molar-refractivity contribution in [2.45, 2.75) is 25.8 Å². The van der Waals surface area contributed by atoms with Crippen LogP contribution in [0.3, 0.4) is 0 Å². The number of carbonyl (C=O) groups excluding carboxylic acids is 1. The zero-order chi connectivity index (χ0) is 9.68. The Morgan fingerprint density at radius 1 is 1.77 bits per heavy atom. The molecule has 0 saturated carbocycles. The lowest BCUT2D eigenvalue weighted by atomic mass is 9.98. The standard InChI is InChI=1S/C10H16N2O/c1-3-8(2)12-10(13)9-5-4-6-11-7-9/h1,8-9,11H,4-7H2,2H3,(H,12,13)/t8?,9-/m1/s1. The second kappa shape index (κ2) is 4.88. The van der Waals surface area contributed by atoms with Crippen LogP contribution in [0.1, 0.15) is 19.8 Å². The molecule has 1 amide bonds. The molecule has 1 heterocycles. The molecule has 1 unspecified atom stereocenters. The highest BCUT2D eigenvalue weighted by Crippen LogP contribution is 2.09. The second-order valence-electron chi connectivity index (χ2n) is 3.44. The number of piperidine rings is 1. The van der Waals surface area contributed by atoms with Crippen molar-refractivity contribution < 1.29 is 4.79 Å². The van der Waals surface area contributed by atoms with E-state index in [1.165, 1.54) is 0 Å². The lowest BCUT2D eigenvalue weighted by Gasteiger charge is -2.22. The zero-order valence-electron chi connectivity index (χ0n) is 7.97. The van der Waals surface area contributed by atoms with E-state index in [-0.39, 0.29) is 17.9 Å². The van der Waals surface area contributed by atoms with Crippen molar-refractivity contribution >= 4 is 5.91 Å². The molecule has 1 aliphatic heterocycles. The molecule has 0 aliphatic carbocycles. The highest BCUT2D eigenvalue weighted by molar-refractivity contribution is 5.79. The molecule has 1 fully saturated rings. The van der Waals surface area contributed by atoms with Gasteiger partial charge >= 0.3 is 0 Å². The number of hydrogen-bond donors (Lipinski definition) is 2. The van der Waals surface area contributed by atoms with Gasteiger partial charge < -0.3 is 10.6 Å². The lowest BCUT2D eigenvalue weighted by Crippen LogP contribution is -2.43. The van der Waals surface area contributed by atoms with Gasteiger partial charge in [0.05, 0.1) is 12.0 Å². The third kappa shape index (κ3) is 3.08. The van der Waals surface area contributed by atoms with Gasteiger partial charge in [0.15, 0.2) is 0 Å². The summed E-state index contributed by atoms with van der Waals surface area (Å²) in [6.07, 6.45) is 7.21. The number of carbonyl (C=O) groups is 1. The van der Waals surface area contributed by atoms with E-state index in [2.05, 4.69) is 16.6 Å². The van der Waals surface area contributed by atoms with E-state index in [0.29, 0.717) is 0 Å². The van der Waals surface area contributed by atoms with Crippen LogP contribution in [0.2, 0.25) is 0 Å². The highest BCUT2D eigenvalue weighted by atomic mass is 16.1. The van der Waals surface area contributed by atoms with Gasteiger partial charge in [0, 0.05) is 6.54 Å². The van der Waals surface area contributed by atoms with Gasteiger partial charge in [-0.2, -0.15) is 0 Å². The van der Waals surface area contributed by atoms with Gasteiger partial charge in [0.25, 0.3) is 0 Å². The summed E-state index contributed by atoms with van der Waals surface area (Å²) in [4.78, 5) is 11.5. The fourth-order valence-corrected chi connectivity index (χ4v) is 1.45. The normalized spacial score (nSPS) is 24.5. The van der Waals surface area contributed by atoms with Gasteiger partial charge in [0.1, 0.15) is 0 Å². The average Bonchev–Trinajstić information content (AvgIpc) is 2.19. The molecule has 2 N–H and O–H groups in total. The van der Waals surface area contributed by atoms with Crippen LogP contribution in [0.25, 0.3) is 0 Å². The van der Waals surface area contributed by atoms with Gasteiger partial charge in [-0.1, -0.05) is 5.92 Å². The number of nitrogens with one attached hydrogen (secondary N) is 2. The first-order chi connectivity index (χ1) is 6.24. The SMILES string of the molecule is C#CC(C)NC(=O)[C@@H]1CCCNC1. The quantitative estimate of drug-likeness (QED) is 0.593. The molecule has 1 saturated heterocycles. The Hall–Kier alpha value is -1.01. The summed E-state index contributed by atoms with van der Waals surface area (Å²) in [6.45, 7) is 3.62. The molecule has 0 bridgehead atoms. The maximum Gasteiger partial charge on any atom is 0.225 e. The monoisotopic (exact) mass is 180 g/mol. The van der Waals surface area contributed by atoms with Crippen molar-refractivity contribution in [3.8, 4) is 12.3 Å². The van der Waals surface area contributed by atoms with Gasteiger partial charge in [-0.25, -0.2) is 0 Å². The van der Waals surface area contributed by atoms with Crippen molar-refractivity contribution in [3.63, 3.8) is 0 Å². The first-order valence-electron chi connectivity index (χ1n) is 4.71. The fourth-order valence-electron chi connectivity index (χ4n) is 1.45. The summed E-state index contributed by atoms with van der Waals surface area (Å²) in [7, 11) is 0. The minimum atomic E-state index is -0.158. The first-order valence-corrected chi connectivity index (χ1v) is 4.71. The summed E-state index contributed by atoms with van der Waals surface area (Å²) in [5.41, 5.74) is 0. The van der Waals surface area contributed by atoms with Crippen LogP contribution >= 0.6 is 0 Å². The molecule has 0 aromatic carbocycles. The van der Waals surface area contributed by atoms with Crippen LogP contribution in [0.5, 0.6) is 0 Å². The molecule has 13 heavy (non-hydrogen) atoms. The highest BCUT2D eigenvalue weighted by Gasteiger charge is 2.21. The maximum absolute atomic E-state index is 11.5. The lowest BCUT2D eigenvalue weighted by molar-refractivity contribution is -0.125. The Morgan fingerprint density at radius 3 is 3.08 bits per heavy atom. The van der Waals surface area contributed by atoms with E-state index >= 15 is 0 Å². The van der Waals surface area contributed by atoms with E-state index in [1.54, 1.807) is 0 Å². The molecular formula is C10H16N2O. The third-order valence-electron chi connectivity index (χ3n) is 2.28. The zero-order valence-corrected chi connectivity index (χ0v) is 7.97. The summed E-state index contributed by atoms with van der Waals surface area (Å²) in [6, 6.07) is -0.158. The Balaban J connectivity index is 2.34. The largest absolute Gasteiger partial charge is 0.342 e. The van der Waals surface area contributed by atoms with Crippen LogP contribution in [0, 0.1) is 18.3 Å². The number of amides is 1. The van der Waals surface area contributed by atoms with Gasteiger partial charge in [-0.3, -0.25) is 4.79 Å². The van der Waals surface area contributed by atoms with E-state index in [0.717, 1.165) is 25.9 Å². The smallest absolute Gasteiger partial charge is 0.225 e. The second-order valence-corrected chi connectivity index (χ2v) is 3.44. The van der Waals surface area contributed by atoms with Crippen LogP contribution in [0.15, 0.2) is 0 Å². The predicted molar refractivity (Wildman–Crippen MR) is 52.0 cm³/mol. The molecule has 0 radical (unpaired) electrons. The molecular weight excluding hydrogens is 164 g/mol. The molecule has 72 valence electrons. The number of hydrogen-bond acceptors (Lipinski definition) is 2. The molecule has 1 rings (SSSR count). The van der Waals surface area contributed by atoms with Gasteiger partial charge in [-0.05, 0) is 26.3 Å². The molecule has 0 spiro atoms. The summed E-state index contributed by atoms with van der Waals surface area (Å²) in [5, 5.41) is 5.98. The summed E-state index contributed by atoms with van der Waals surface area (Å²) in [5.74, 6) is 2.67. The topological polar surface area (TPSA) is 41.1 Å². The summed E-state index contributed by atoms with van der Waals surface area (Å²) >= 11 is 0. The van der Waals surface area contributed by atoms with E-state index in [1.807, 2.05) is 6.92 Å². The fraction of sp³-hybridized carbons (Fsp3) is 0.700. The maximum atomic E-state index is 11.5. The van der Waals surface area contributed by atoms with Crippen molar-refractivity contribution in [3.05, 3.63) is 0 Å². The minimum absolute atomic E-state index is 0.0812. The Labute approximate surface area is 79.3 Å². The van der Waals surface area contributed by atoms with E-state index in [4.69, 9.17) is 6.42 Å². The average molecular weight is 180 g/mol. The van der Waals surface area contributed by atoms with E-state index < -0.39 is 0 Å². The predicted octanol–water partition coefficient (Wildman–Crippen LogP) is 0.124. The molecule has 0 aromatic rings. The molecule has 1 aliphatic rings. The van der Waals surface area contributed by atoms with E-state index in [9.17, 15) is 4.79 Å². The molecule has 3 heteroatoms. The van der Waals surface area contributed by atoms with Crippen molar-refractivity contribution in [2.24, 2.45) is 5.92 Å². The van der Waals surface area contributed by atoms with Crippen molar-refractivity contribution in [2.75, 3.05) is 13.1 Å². The van der Waals surface area contributed by atoms with Crippen LogP contribution in [-0.4, -0.2) is 25.0 Å².